The van der Waals surface area contributed by atoms with Gasteiger partial charge in [0.1, 0.15) is 0 Å². The average molecular weight is 231 g/mol. The van der Waals surface area contributed by atoms with Gasteiger partial charge in [-0.15, -0.1) is 0 Å². The number of aryl methyl sites for hydroxylation is 1. The third-order valence-corrected chi connectivity index (χ3v) is 2.40. The number of carbonyl (C=O) groups is 1. The van der Waals surface area contributed by atoms with Gasteiger partial charge in [0.15, 0.2) is 6.04 Å². The van der Waals surface area contributed by atoms with Gasteiger partial charge in [-0.05, 0) is 5.56 Å². The Morgan fingerprint density at radius 3 is 2.65 bits per heavy atom. The number of hydrogen-bond donors (Lipinski definition) is 2. The zero-order valence-electron chi connectivity index (χ0n) is 9.37. The van der Waals surface area contributed by atoms with Gasteiger partial charge >= 0.3 is 5.97 Å². The summed E-state index contributed by atoms with van der Waals surface area (Å²) in [5.41, 5.74) is 1.40. The van der Waals surface area contributed by atoms with Gasteiger partial charge in [-0.3, -0.25) is 4.68 Å². The number of anilines is 1. The van der Waals surface area contributed by atoms with Crippen molar-refractivity contribution in [2.45, 2.75) is 6.04 Å². The summed E-state index contributed by atoms with van der Waals surface area (Å²) < 4.78 is 1.62. The Kier molecular flexibility index (Phi) is 3.09. The van der Waals surface area contributed by atoms with Crippen molar-refractivity contribution in [2.24, 2.45) is 7.05 Å². The van der Waals surface area contributed by atoms with Crippen LogP contribution in [0.4, 0.5) is 5.69 Å². The number of hydrogen-bond acceptors (Lipinski definition) is 3. The lowest BCUT2D eigenvalue weighted by Gasteiger charge is -2.14. The smallest absolute Gasteiger partial charge is 0.330 e. The van der Waals surface area contributed by atoms with Crippen LogP contribution in [0.25, 0.3) is 0 Å². The van der Waals surface area contributed by atoms with Crippen molar-refractivity contribution in [3.63, 3.8) is 0 Å². The molecule has 0 spiro atoms. The molecule has 1 heterocycles. The topological polar surface area (TPSA) is 67.2 Å². The Bertz CT molecular complexity index is 507. The lowest BCUT2D eigenvalue weighted by Crippen LogP contribution is -2.20. The molecule has 0 amide bonds. The molecular weight excluding hydrogens is 218 g/mol. The normalized spacial score (nSPS) is 12.1. The van der Waals surface area contributed by atoms with Crippen LogP contribution < -0.4 is 5.32 Å². The van der Waals surface area contributed by atoms with E-state index in [0.29, 0.717) is 11.3 Å². The second kappa shape index (κ2) is 4.69. The Hall–Kier alpha value is -2.30. The van der Waals surface area contributed by atoms with Crippen molar-refractivity contribution >= 4 is 11.7 Å². The van der Waals surface area contributed by atoms with Crippen molar-refractivity contribution in [1.29, 1.82) is 0 Å². The molecular formula is C12H13N3O2. The first-order valence-electron chi connectivity index (χ1n) is 5.20. The standard InChI is InChI=1S/C12H13N3O2/c1-15-8-10(7-13-15)14-11(12(16)17)9-5-3-2-4-6-9/h2-8,11,14H,1H3,(H,16,17). The van der Waals surface area contributed by atoms with Crippen LogP contribution in [0.1, 0.15) is 11.6 Å². The van der Waals surface area contributed by atoms with Crippen LogP contribution in [0, 0.1) is 0 Å². The molecule has 0 radical (unpaired) electrons. The van der Waals surface area contributed by atoms with Gasteiger partial charge < -0.3 is 10.4 Å². The molecule has 0 aliphatic rings. The summed E-state index contributed by atoms with van der Waals surface area (Å²) in [7, 11) is 1.78. The van der Waals surface area contributed by atoms with Crippen LogP contribution >= 0.6 is 0 Å². The van der Waals surface area contributed by atoms with Crippen LogP contribution in [-0.4, -0.2) is 20.9 Å². The summed E-state index contributed by atoms with van der Waals surface area (Å²) >= 11 is 0. The van der Waals surface area contributed by atoms with Gasteiger partial charge in [-0.25, -0.2) is 4.79 Å². The average Bonchev–Trinajstić information content (AvgIpc) is 2.73. The fourth-order valence-corrected chi connectivity index (χ4v) is 1.60. The molecule has 0 saturated carbocycles. The van der Waals surface area contributed by atoms with Crippen molar-refractivity contribution in [3.8, 4) is 0 Å². The molecule has 1 unspecified atom stereocenters. The van der Waals surface area contributed by atoms with Crippen molar-refractivity contribution in [2.75, 3.05) is 5.32 Å². The molecule has 17 heavy (non-hydrogen) atoms. The molecule has 0 aliphatic carbocycles. The SMILES string of the molecule is Cn1cc(NC(C(=O)O)c2ccccc2)cn1. The zero-order chi connectivity index (χ0) is 12.3. The quantitative estimate of drug-likeness (QED) is 0.839. The number of aliphatic carboxylic acids is 1. The largest absolute Gasteiger partial charge is 0.479 e. The molecule has 2 aromatic rings. The van der Waals surface area contributed by atoms with Crippen LogP contribution in [0.3, 0.4) is 0 Å². The van der Waals surface area contributed by atoms with E-state index in [1.54, 1.807) is 36.3 Å². The molecule has 2 rings (SSSR count). The van der Waals surface area contributed by atoms with Crippen molar-refractivity contribution in [3.05, 3.63) is 48.3 Å². The lowest BCUT2D eigenvalue weighted by atomic mass is 10.1. The number of rotatable bonds is 4. The van der Waals surface area contributed by atoms with E-state index in [1.165, 1.54) is 0 Å². The van der Waals surface area contributed by atoms with Crippen molar-refractivity contribution < 1.29 is 9.90 Å². The first kappa shape index (κ1) is 11.2. The molecule has 5 heteroatoms. The maximum absolute atomic E-state index is 11.2. The van der Waals surface area contributed by atoms with Gasteiger partial charge in [-0.2, -0.15) is 5.10 Å². The third kappa shape index (κ3) is 2.63. The van der Waals surface area contributed by atoms with E-state index >= 15 is 0 Å². The summed E-state index contributed by atoms with van der Waals surface area (Å²) in [6, 6.07) is 8.28. The second-order valence-corrected chi connectivity index (χ2v) is 3.73. The Morgan fingerprint density at radius 1 is 1.41 bits per heavy atom. The molecule has 2 N–H and O–H groups in total. The predicted octanol–water partition coefficient (Wildman–Crippen LogP) is 1.66. The Morgan fingerprint density at radius 2 is 2.12 bits per heavy atom. The minimum atomic E-state index is -0.917. The molecule has 88 valence electrons. The van der Waals surface area contributed by atoms with Crippen molar-refractivity contribution in [1.82, 2.24) is 9.78 Å². The number of carboxylic acids is 1. The zero-order valence-corrected chi connectivity index (χ0v) is 9.37. The van der Waals surface area contributed by atoms with Gasteiger partial charge in [0.25, 0.3) is 0 Å². The van der Waals surface area contributed by atoms with E-state index in [4.69, 9.17) is 0 Å². The molecule has 1 aromatic heterocycles. The molecule has 0 saturated heterocycles. The Labute approximate surface area is 98.7 Å². The summed E-state index contributed by atoms with van der Waals surface area (Å²) in [5.74, 6) is -0.917. The summed E-state index contributed by atoms with van der Waals surface area (Å²) in [6.45, 7) is 0. The highest BCUT2D eigenvalue weighted by Gasteiger charge is 2.19. The van der Waals surface area contributed by atoms with E-state index in [2.05, 4.69) is 10.4 Å². The molecule has 1 atom stereocenters. The lowest BCUT2D eigenvalue weighted by molar-refractivity contribution is -0.138. The maximum Gasteiger partial charge on any atom is 0.330 e. The van der Waals surface area contributed by atoms with E-state index in [1.807, 2.05) is 18.2 Å². The van der Waals surface area contributed by atoms with Gasteiger partial charge in [-0.1, -0.05) is 30.3 Å². The molecule has 5 nitrogen and oxygen atoms in total. The Balaban J connectivity index is 2.22. The van der Waals surface area contributed by atoms with Crippen LogP contribution in [0.2, 0.25) is 0 Å². The number of benzene rings is 1. The van der Waals surface area contributed by atoms with Crippen LogP contribution in [-0.2, 0) is 11.8 Å². The van der Waals surface area contributed by atoms with E-state index in [9.17, 15) is 9.90 Å². The second-order valence-electron chi connectivity index (χ2n) is 3.73. The third-order valence-electron chi connectivity index (χ3n) is 2.40. The minimum Gasteiger partial charge on any atom is -0.479 e. The summed E-state index contributed by atoms with van der Waals surface area (Å²) in [6.07, 6.45) is 3.33. The highest BCUT2D eigenvalue weighted by molar-refractivity contribution is 5.79. The van der Waals surface area contributed by atoms with E-state index in [-0.39, 0.29) is 0 Å². The fraction of sp³-hybridized carbons (Fsp3) is 0.167. The monoisotopic (exact) mass is 231 g/mol. The van der Waals surface area contributed by atoms with Crippen LogP contribution in [0.5, 0.6) is 0 Å². The molecule has 0 fully saturated rings. The fourth-order valence-electron chi connectivity index (χ4n) is 1.60. The van der Waals surface area contributed by atoms with Crippen LogP contribution in [0.15, 0.2) is 42.7 Å². The number of carboxylic acid groups (broad SMARTS) is 1. The predicted molar refractivity (Wildman–Crippen MR) is 63.6 cm³/mol. The minimum absolute atomic E-state index is 0.684. The van der Waals surface area contributed by atoms with E-state index in [0.717, 1.165) is 0 Å². The summed E-state index contributed by atoms with van der Waals surface area (Å²) in [5, 5.41) is 16.1. The number of nitrogens with zero attached hydrogens (tertiary/aromatic N) is 2. The first-order valence-corrected chi connectivity index (χ1v) is 5.20. The van der Waals surface area contributed by atoms with Gasteiger partial charge in [0.2, 0.25) is 0 Å². The molecule has 1 aromatic carbocycles. The molecule has 0 bridgehead atoms. The van der Waals surface area contributed by atoms with Gasteiger partial charge in [0.05, 0.1) is 11.9 Å². The number of nitrogens with one attached hydrogen (secondary N) is 1. The number of aromatic nitrogens is 2. The summed E-state index contributed by atoms with van der Waals surface area (Å²) in [4.78, 5) is 11.2. The first-order chi connectivity index (χ1) is 8.16. The highest BCUT2D eigenvalue weighted by Crippen LogP contribution is 2.19. The van der Waals surface area contributed by atoms with E-state index < -0.39 is 12.0 Å². The molecule has 0 aliphatic heterocycles. The van der Waals surface area contributed by atoms with Gasteiger partial charge in [0, 0.05) is 13.2 Å². The highest BCUT2D eigenvalue weighted by atomic mass is 16.4. The maximum atomic E-state index is 11.2.